The zero-order chi connectivity index (χ0) is 16.7. The van der Waals surface area contributed by atoms with E-state index in [1.807, 2.05) is 74.8 Å². The highest BCUT2D eigenvalue weighted by atomic mass is 35.5. The van der Waals surface area contributed by atoms with E-state index in [9.17, 15) is 4.79 Å². The van der Waals surface area contributed by atoms with Crippen LogP contribution in [0.1, 0.15) is 29.6 Å². The molecule has 0 spiro atoms. The monoisotopic (exact) mass is 383 g/mol. The fraction of sp³-hybridized carbons (Fsp3) is 0.316. The molecule has 0 saturated heterocycles. The van der Waals surface area contributed by atoms with Gasteiger partial charge in [0.05, 0.1) is 6.04 Å². The van der Waals surface area contributed by atoms with Crippen LogP contribution in [-0.2, 0) is 4.79 Å². The van der Waals surface area contributed by atoms with E-state index in [4.69, 9.17) is 5.73 Å². The molecule has 2 unspecified atom stereocenters. The molecule has 0 bridgehead atoms. The SMILES string of the molecule is CN(C)CC(NC(=O)CC(N)c1ccccc1)c1ccccc1.Cl.Cl. The Kier molecular flexibility index (Phi) is 11.1. The van der Waals surface area contributed by atoms with E-state index >= 15 is 0 Å². The average Bonchev–Trinajstić information content (AvgIpc) is 2.55. The minimum Gasteiger partial charge on any atom is -0.348 e. The highest BCUT2D eigenvalue weighted by Crippen LogP contribution is 2.16. The Labute approximate surface area is 162 Å². The maximum atomic E-state index is 12.4. The molecule has 138 valence electrons. The van der Waals surface area contributed by atoms with Gasteiger partial charge in [-0.1, -0.05) is 60.7 Å². The minimum absolute atomic E-state index is 0. The van der Waals surface area contributed by atoms with Crippen molar-refractivity contribution in [2.45, 2.75) is 18.5 Å². The lowest BCUT2D eigenvalue weighted by Gasteiger charge is -2.23. The average molecular weight is 384 g/mol. The molecule has 25 heavy (non-hydrogen) atoms. The summed E-state index contributed by atoms with van der Waals surface area (Å²) >= 11 is 0. The molecule has 0 aliphatic carbocycles. The third kappa shape index (κ3) is 7.88. The van der Waals surface area contributed by atoms with Gasteiger partial charge >= 0.3 is 0 Å². The van der Waals surface area contributed by atoms with Crippen LogP contribution in [0, 0.1) is 0 Å². The second-order valence-electron chi connectivity index (χ2n) is 6.01. The van der Waals surface area contributed by atoms with Crippen LogP contribution in [0.2, 0.25) is 0 Å². The number of benzene rings is 2. The summed E-state index contributed by atoms with van der Waals surface area (Å²) in [4.78, 5) is 14.4. The number of likely N-dealkylation sites (N-methyl/N-ethyl adjacent to an activating group) is 1. The largest absolute Gasteiger partial charge is 0.348 e. The van der Waals surface area contributed by atoms with Crippen molar-refractivity contribution in [1.82, 2.24) is 10.2 Å². The third-order valence-electron chi connectivity index (χ3n) is 3.72. The molecule has 0 heterocycles. The lowest BCUT2D eigenvalue weighted by Crippen LogP contribution is -2.36. The molecule has 2 aromatic rings. The number of nitrogens with one attached hydrogen (secondary N) is 1. The Bertz CT molecular complexity index is 609. The number of rotatable bonds is 7. The molecule has 2 rings (SSSR count). The number of nitrogens with zero attached hydrogens (tertiary/aromatic N) is 1. The topological polar surface area (TPSA) is 58.4 Å². The van der Waals surface area contributed by atoms with Crippen molar-refractivity contribution in [2.75, 3.05) is 20.6 Å². The zero-order valence-electron chi connectivity index (χ0n) is 14.6. The van der Waals surface area contributed by atoms with Crippen LogP contribution in [-0.4, -0.2) is 31.4 Å². The Morgan fingerprint density at radius 1 is 0.960 bits per heavy atom. The first-order valence-electron chi connectivity index (χ1n) is 7.86. The first-order chi connectivity index (χ1) is 11.1. The van der Waals surface area contributed by atoms with Gasteiger partial charge in [-0.2, -0.15) is 0 Å². The van der Waals surface area contributed by atoms with Gasteiger partial charge in [0.2, 0.25) is 5.91 Å². The number of carbonyl (C=O) groups is 1. The molecule has 6 heteroatoms. The van der Waals surface area contributed by atoms with E-state index in [0.717, 1.165) is 17.7 Å². The quantitative estimate of drug-likeness (QED) is 0.770. The molecule has 0 radical (unpaired) electrons. The highest BCUT2D eigenvalue weighted by Gasteiger charge is 2.17. The molecule has 3 N–H and O–H groups in total. The van der Waals surface area contributed by atoms with Gasteiger partial charge in [-0.05, 0) is 25.2 Å². The molecule has 0 saturated carbocycles. The highest BCUT2D eigenvalue weighted by molar-refractivity contribution is 5.85. The standard InChI is InChI=1S/C19H25N3O.2ClH/c1-22(2)14-18(16-11-7-4-8-12-16)21-19(23)13-17(20)15-9-5-3-6-10-15;;/h3-12,17-18H,13-14,20H2,1-2H3,(H,21,23);2*1H. The first kappa shape index (κ1) is 23.4. The molecule has 0 aromatic heterocycles. The maximum Gasteiger partial charge on any atom is 0.222 e. The Hall–Kier alpha value is -1.59. The van der Waals surface area contributed by atoms with Crippen molar-refractivity contribution >= 4 is 30.7 Å². The number of halogens is 2. The van der Waals surface area contributed by atoms with Gasteiger partial charge in [0, 0.05) is 19.0 Å². The van der Waals surface area contributed by atoms with Crippen LogP contribution in [0.3, 0.4) is 0 Å². The number of hydrogen-bond acceptors (Lipinski definition) is 3. The fourth-order valence-electron chi connectivity index (χ4n) is 2.56. The Balaban J connectivity index is 0.00000288. The fourth-order valence-corrected chi connectivity index (χ4v) is 2.56. The molecular weight excluding hydrogens is 357 g/mol. The van der Waals surface area contributed by atoms with Crippen LogP contribution < -0.4 is 11.1 Å². The molecular formula is C19H27Cl2N3O. The summed E-state index contributed by atoms with van der Waals surface area (Å²) in [6.07, 6.45) is 0.279. The van der Waals surface area contributed by atoms with Gasteiger partial charge in [0.1, 0.15) is 0 Å². The summed E-state index contributed by atoms with van der Waals surface area (Å²) in [5, 5.41) is 3.10. The number of amides is 1. The number of carbonyl (C=O) groups excluding carboxylic acids is 1. The van der Waals surface area contributed by atoms with E-state index < -0.39 is 0 Å². The smallest absolute Gasteiger partial charge is 0.222 e. The number of hydrogen-bond donors (Lipinski definition) is 2. The van der Waals surface area contributed by atoms with Crippen LogP contribution in [0.5, 0.6) is 0 Å². The van der Waals surface area contributed by atoms with Crippen LogP contribution in [0.4, 0.5) is 0 Å². The van der Waals surface area contributed by atoms with Gasteiger partial charge in [0.25, 0.3) is 0 Å². The Morgan fingerprint density at radius 3 is 1.92 bits per heavy atom. The second kappa shape index (κ2) is 11.9. The van der Waals surface area contributed by atoms with E-state index in [1.165, 1.54) is 0 Å². The maximum absolute atomic E-state index is 12.4. The first-order valence-corrected chi connectivity index (χ1v) is 7.86. The summed E-state index contributed by atoms with van der Waals surface area (Å²) in [6, 6.07) is 19.4. The van der Waals surface area contributed by atoms with Crippen molar-refractivity contribution in [2.24, 2.45) is 5.73 Å². The van der Waals surface area contributed by atoms with Crippen LogP contribution in [0.15, 0.2) is 60.7 Å². The molecule has 0 fully saturated rings. The third-order valence-corrected chi connectivity index (χ3v) is 3.72. The van der Waals surface area contributed by atoms with Gasteiger partial charge < -0.3 is 16.0 Å². The summed E-state index contributed by atoms with van der Waals surface area (Å²) in [5.74, 6) is -0.0305. The van der Waals surface area contributed by atoms with E-state index in [2.05, 4.69) is 10.2 Å². The van der Waals surface area contributed by atoms with Crippen LogP contribution >= 0.6 is 24.8 Å². The van der Waals surface area contributed by atoms with Gasteiger partial charge in [-0.3, -0.25) is 4.79 Å². The van der Waals surface area contributed by atoms with Gasteiger partial charge in [-0.15, -0.1) is 24.8 Å². The lowest BCUT2D eigenvalue weighted by atomic mass is 10.0. The van der Waals surface area contributed by atoms with E-state index in [0.29, 0.717) is 0 Å². The van der Waals surface area contributed by atoms with E-state index in [-0.39, 0.29) is 49.2 Å². The van der Waals surface area contributed by atoms with Gasteiger partial charge in [0.15, 0.2) is 0 Å². The molecule has 0 aliphatic rings. The normalized spacial score (nSPS) is 12.5. The predicted molar refractivity (Wildman–Crippen MR) is 108 cm³/mol. The molecule has 0 aliphatic heterocycles. The van der Waals surface area contributed by atoms with E-state index in [1.54, 1.807) is 0 Å². The summed E-state index contributed by atoms with van der Waals surface area (Å²) in [5.41, 5.74) is 8.22. The Morgan fingerprint density at radius 2 is 1.44 bits per heavy atom. The lowest BCUT2D eigenvalue weighted by molar-refractivity contribution is -0.122. The second-order valence-corrected chi connectivity index (χ2v) is 6.01. The molecule has 1 amide bonds. The predicted octanol–water partition coefficient (Wildman–Crippen LogP) is 3.34. The van der Waals surface area contributed by atoms with Crippen molar-refractivity contribution < 1.29 is 4.79 Å². The van der Waals surface area contributed by atoms with Crippen LogP contribution in [0.25, 0.3) is 0 Å². The molecule has 2 atom stereocenters. The van der Waals surface area contributed by atoms with Crippen molar-refractivity contribution in [3.05, 3.63) is 71.8 Å². The summed E-state index contributed by atoms with van der Waals surface area (Å²) < 4.78 is 0. The molecule has 2 aromatic carbocycles. The zero-order valence-corrected chi connectivity index (χ0v) is 16.2. The summed E-state index contributed by atoms with van der Waals surface area (Å²) in [7, 11) is 4.00. The summed E-state index contributed by atoms with van der Waals surface area (Å²) in [6.45, 7) is 0.746. The van der Waals surface area contributed by atoms with Gasteiger partial charge in [-0.25, -0.2) is 0 Å². The number of nitrogens with two attached hydrogens (primary N) is 1. The van der Waals surface area contributed by atoms with Crippen molar-refractivity contribution in [1.29, 1.82) is 0 Å². The van der Waals surface area contributed by atoms with Crippen molar-refractivity contribution in [3.8, 4) is 0 Å². The molecule has 4 nitrogen and oxygen atoms in total. The minimum atomic E-state index is -0.285. The van der Waals surface area contributed by atoms with Crippen molar-refractivity contribution in [3.63, 3.8) is 0 Å².